The molecular formula is C17H27N3O. The van der Waals surface area contributed by atoms with Crippen molar-refractivity contribution in [2.45, 2.75) is 44.3 Å². The zero-order valence-corrected chi connectivity index (χ0v) is 13.0. The molecule has 4 aliphatic rings. The highest BCUT2D eigenvalue weighted by atomic mass is 16.5. The second kappa shape index (κ2) is 5.64. The third kappa shape index (κ3) is 2.48. The van der Waals surface area contributed by atoms with Crippen molar-refractivity contribution in [2.24, 2.45) is 22.7 Å². The first-order valence-corrected chi connectivity index (χ1v) is 8.61. The third-order valence-electron chi connectivity index (χ3n) is 5.89. The fourth-order valence-corrected chi connectivity index (χ4v) is 4.74. The van der Waals surface area contributed by atoms with E-state index >= 15 is 0 Å². The number of hydrogen-bond donors (Lipinski definition) is 1. The van der Waals surface area contributed by atoms with Crippen LogP contribution in [-0.4, -0.2) is 49.7 Å². The standard InChI is InChI=1S/C17H27N3O/c1-18-17(19-9-12-5-3-2-4-6-12)20-10-13-14(11-20)16-8-7-15(13)21-16/h2-3,12-16H,4-11H2,1H3,(H,18,19). The molecule has 0 saturated carbocycles. The lowest BCUT2D eigenvalue weighted by molar-refractivity contribution is 0.0767. The summed E-state index contributed by atoms with van der Waals surface area (Å²) in [6, 6.07) is 0. The number of rotatable bonds is 2. The number of ether oxygens (including phenoxy) is 1. The van der Waals surface area contributed by atoms with E-state index in [9.17, 15) is 0 Å². The van der Waals surface area contributed by atoms with E-state index in [2.05, 4.69) is 27.4 Å². The number of hydrogen-bond acceptors (Lipinski definition) is 2. The number of nitrogens with one attached hydrogen (secondary N) is 1. The van der Waals surface area contributed by atoms with E-state index in [1.54, 1.807) is 0 Å². The smallest absolute Gasteiger partial charge is 0.193 e. The Bertz CT molecular complexity index is 429. The third-order valence-corrected chi connectivity index (χ3v) is 5.89. The van der Waals surface area contributed by atoms with Gasteiger partial charge in [0.25, 0.3) is 0 Å². The van der Waals surface area contributed by atoms with Crippen LogP contribution in [0.2, 0.25) is 0 Å². The average Bonchev–Trinajstić information content (AvgIpc) is 3.21. The van der Waals surface area contributed by atoms with Crippen LogP contribution in [0.3, 0.4) is 0 Å². The van der Waals surface area contributed by atoms with Gasteiger partial charge >= 0.3 is 0 Å². The van der Waals surface area contributed by atoms with Gasteiger partial charge in [-0.3, -0.25) is 4.99 Å². The molecule has 0 aromatic rings. The van der Waals surface area contributed by atoms with Gasteiger partial charge in [-0.2, -0.15) is 0 Å². The molecule has 3 saturated heterocycles. The lowest BCUT2D eigenvalue weighted by atomic mass is 9.82. The largest absolute Gasteiger partial charge is 0.374 e. The summed E-state index contributed by atoms with van der Waals surface area (Å²) in [5.41, 5.74) is 0. The molecular weight excluding hydrogens is 262 g/mol. The normalized spacial score (nSPS) is 41.7. The van der Waals surface area contributed by atoms with Crippen LogP contribution in [-0.2, 0) is 4.74 Å². The molecule has 0 amide bonds. The average molecular weight is 289 g/mol. The van der Waals surface area contributed by atoms with E-state index < -0.39 is 0 Å². The molecule has 21 heavy (non-hydrogen) atoms. The lowest BCUT2D eigenvalue weighted by Gasteiger charge is -2.26. The Morgan fingerprint density at radius 1 is 1.19 bits per heavy atom. The van der Waals surface area contributed by atoms with Crippen LogP contribution in [0.15, 0.2) is 17.1 Å². The molecule has 4 nitrogen and oxygen atoms in total. The summed E-state index contributed by atoms with van der Waals surface area (Å²) >= 11 is 0. The van der Waals surface area contributed by atoms with Gasteiger partial charge in [0, 0.05) is 38.5 Å². The first-order chi connectivity index (χ1) is 10.3. The molecule has 0 spiro atoms. The van der Waals surface area contributed by atoms with E-state index in [4.69, 9.17) is 4.74 Å². The summed E-state index contributed by atoms with van der Waals surface area (Å²) < 4.78 is 6.06. The predicted molar refractivity (Wildman–Crippen MR) is 84.3 cm³/mol. The highest BCUT2D eigenvalue weighted by molar-refractivity contribution is 5.80. The van der Waals surface area contributed by atoms with Crippen molar-refractivity contribution in [3.05, 3.63) is 12.2 Å². The van der Waals surface area contributed by atoms with Gasteiger partial charge in [-0.15, -0.1) is 0 Å². The molecule has 1 N–H and O–H groups in total. The maximum Gasteiger partial charge on any atom is 0.193 e. The second-order valence-corrected chi connectivity index (χ2v) is 7.10. The van der Waals surface area contributed by atoms with E-state index in [0.29, 0.717) is 12.2 Å². The van der Waals surface area contributed by atoms with Gasteiger partial charge < -0.3 is 15.0 Å². The molecule has 2 bridgehead atoms. The van der Waals surface area contributed by atoms with Gasteiger partial charge in [-0.25, -0.2) is 0 Å². The number of likely N-dealkylation sites (tertiary alicyclic amines) is 1. The molecule has 3 aliphatic heterocycles. The quantitative estimate of drug-likeness (QED) is 0.480. The van der Waals surface area contributed by atoms with E-state index in [0.717, 1.165) is 43.3 Å². The molecule has 0 radical (unpaired) electrons. The Balaban J connectivity index is 1.33. The van der Waals surface area contributed by atoms with Crippen LogP contribution in [0.1, 0.15) is 32.1 Å². The number of allylic oxidation sites excluding steroid dienone is 2. The maximum absolute atomic E-state index is 6.06. The van der Waals surface area contributed by atoms with Crippen molar-refractivity contribution in [3.8, 4) is 0 Å². The van der Waals surface area contributed by atoms with Crippen molar-refractivity contribution < 1.29 is 4.74 Å². The molecule has 1 aliphatic carbocycles. The lowest BCUT2D eigenvalue weighted by Crippen LogP contribution is -2.43. The van der Waals surface area contributed by atoms with E-state index in [-0.39, 0.29) is 0 Å². The van der Waals surface area contributed by atoms with Crippen molar-refractivity contribution in [1.29, 1.82) is 0 Å². The Hall–Kier alpha value is -1.03. The van der Waals surface area contributed by atoms with Crippen molar-refractivity contribution in [1.82, 2.24) is 10.2 Å². The topological polar surface area (TPSA) is 36.9 Å². The molecule has 0 aromatic heterocycles. The molecule has 116 valence electrons. The van der Waals surface area contributed by atoms with Gasteiger partial charge in [0.15, 0.2) is 5.96 Å². The number of guanidine groups is 1. The van der Waals surface area contributed by atoms with Gasteiger partial charge in [0.1, 0.15) is 0 Å². The Labute approximate surface area is 127 Å². The zero-order chi connectivity index (χ0) is 14.2. The van der Waals surface area contributed by atoms with Crippen molar-refractivity contribution >= 4 is 5.96 Å². The summed E-state index contributed by atoms with van der Waals surface area (Å²) in [5, 5.41) is 3.62. The summed E-state index contributed by atoms with van der Waals surface area (Å²) in [5.74, 6) is 3.38. The maximum atomic E-state index is 6.06. The fraction of sp³-hybridized carbons (Fsp3) is 0.824. The zero-order valence-electron chi connectivity index (χ0n) is 13.0. The number of fused-ring (bicyclic) bond motifs is 5. The van der Waals surface area contributed by atoms with Crippen molar-refractivity contribution in [3.63, 3.8) is 0 Å². The highest BCUT2D eigenvalue weighted by Gasteiger charge is 2.53. The van der Waals surface area contributed by atoms with Gasteiger partial charge in [0.2, 0.25) is 0 Å². The summed E-state index contributed by atoms with van der Waals surface area (Å²) in [4.78, 5) is 7.00. The molecule has 5 unspecified atom stereocenters. The minimum absolute atomic E-state index is 0.534. The Morgan fingerprint density at radius 3 is 2.57 bits per heavy atom. The minimum atomic E-state index is 0.534. The fourth-order valence-electron chi connectivity index (χ4n) is 4.74. The first-order valence-electron chi connectivity index (χ1n) is 8.61. The van der Waals surface area contributed by atoms with E-state index in [1.807, 2.05) is 7.05 Å². The number of nitrogens with zero attached hydrogens (tertiary/aromatic N) is 2. The molecule has 3 heterocycles. The monoisotopic (exact) mass is 289 g/mol. The molecule has 4 heteroatoms. The summed E-state index contributed by atoms with van der Waals surface area (Å²) in [6.45, 7) is 3.33. The van der Waals surface area contributed by atoms with Gasteiger partial charge in [-0.1, -0.05) is 12.2 Å². The van der Waals surface area contributed by atoms with E-state index in [1.165, 1.54) is 32.1 Å². The Morgan fingerprint density at radius 2 is 1.95 bits per heavy atom. The molecule has 3 fully saturated rings. The van der Waals surface area contributed by atoms with Crippen LogP contribution in [0.5, 0.6) is 0 Å². The summed E-state index contributed by atoms with van der Waals surface area (Å²) in [6.07, 6.45) is 12.0. The second-order valence-electron chi connectivity index (χ2n) is 7.10. The molecule has 5 atom stereocenters. The SMILES string of the molecule is CN=C(NCC1CC=CCC1)N1CC2C3CCC(O3)C2C1. The highest BCUT2D eigenvalue weighted by Crippen LogP contribution is 2.47. The van der Waals surface area contributed by atoms with Crippen LogP contribution in [0.25, 0.3) is 0 Å². The first kappa shape index (κ1) is 13.6. The molecule has 4 rings (SSSR count). The van der Waals surface area contributed by atoms with Gasteiger partial charge in [-0.05, 0) is 38.0 Å². The van der Waals surface area contributed by atoms with Crippen molar-refractivity contribution in [2.75, 3.05) is 26.7 Å². The number of aliphatic imine (C=N–C) groups is 1. The minimum Gasteiger partial charge on any atom is -0.374 e. The molecule has 0 aromatic carbocycles. The van der Waals surface area contributed by atoms with Crippen LogP contribution in [0, 0.1) is 17.8 Å². The van der Waals surface area contributed by atoms with Gasteiger partial charge in [0.05, 0.1) is 12.2 Å². The summed E-state index contributed by atoms with van der Waals surface area (Å²) in [7, 11) is 1.92. The van der Waals surface area contributed by atoms with Crippen LogP contribution >= 0.6 is 0 Å². The van der Waals surface area contributed by atoms with Crippen LogP contribution in [0.4, 0.5) is 0 Å². The Kier molecular flexibility index (Phi) is 3.66. The van der Waals surface area contributed by atoms with Crippen LogP contribution < -0.4 is 5.32 Å². The predicted octanol–water partition coefficient (Wildman–Crippen LogP) is 2.03.